The minimum atomic E-state index is 0.640. The van der Waals surface area contributed by atoms with Crippen molar-refractivity contribution in [1.29, 1.82) is 0 Å². The SMILES string of the molecule is CCNC(C)CCCCn1nc(C)c(CC)c1C. The van der Waals surface area contributed by atoms with E-state index in [-0.39, 0.29) is 0 Å². The number of unbranched alkanes of at least 4 members (excludes halogenated alkanes) is 1. The van der Waals surface area contributed by atoms with Crippen molar-refractivity contribution in [1.82, 2.24) is 15.1 Å². The smallest absolute Gasteiger partial charge is 0.0628 e. The van der Waals surface area contributed by atoms with Crippen LogP contribution < -0.4 is 5.32 Å². The molecule has 0 radical (unpaired) electrons. The summed E-state index contributed by atoms with van der Waals surface area (Å²) >= 11 is 0. The summed E-state index contributed by atoms with van der Waals surface area (Å²) in [5, 5.41) is 8.09. The van der Waals surface area contributed by atoms with E-state index < -0.39 is 0 Å². The molecule has 104 valence electrons. The molecule has 0 saturated heterocycles. The van der Waals surface area contributed by atoms with Crippen LogP contribution in [0.1, 0.15) is 57.0 Å². The Morgan fingerprint density at radius 1 is 1.22 bits per heavy atom. The van der Waals surface area contributed by atoms with Crippen molar-refractivity contribution < 1.29 is 0 Å². The number of nitrogens with one attached hydrogen (secondary N) is 1. The molecule has 1 atom stereocenters. The fourth-order valence-electron chi connectivity index (χ4n) is 2.63. The summed E-state index contributed by atoms with van der Waals surface area (Å²) in [6.45, 7) is 13.1. The zero-order chi connectivity index (χ0) is 13.5. The van der Waals surface area contributed by atoms with Gasteiger partial charge in [0.15, 0.2) is 0 Å². The van der Waals surface area contributed by atoms with Gasteiger partial charge in [-0.1, -0.05) is 20.3 Å². The Labute approximate surface area is 112 Å². The quantitative estimate of drug-likeness (QED) is 0.719. The Bertz CT molecular complexity index is 355. The normalized spacial score (nSPS) is 12.9. The minimum Gasteiger partial charge on any atom is -0.315 e. The van der Waals surface area contributed by atoms with Crippen LogP contribution in [-0.4, -0.2) is 22.4 Å². The van der Waals surface area contributed by atoms with E-state index in [0.717, 1.165) is 19.5 Å². The van der Waals surface area contributed by atoms with Gasteiger partial charge >= 0.3 is 0 Å². The molecule has 18 heavy (non-hydrogen) atoms. The maximum Gasteiger partial charge on any atom is 0.0628 e. The van der Waals surface area contributed by atoms with Gasteiger partial charge in [-0.05, 0) is 52.1 Å². The second kappa shape index (κ2) is 7.57. The summed E-state index contributed by atoms with van der Waals surface area (Å²) in [6, 6.07) is 0.640. The van der Waals surface area contributed by atoms with E-state index >= 15 is 0 Å². The molecular formula is C15H29N3. The van der Waals surface area contributed by atoms with Gasteiger partial charge in [-0.15, -0.1) is 0 Å². The van der Waals surface area contributed by atoms with Crippen LogP contribution in [0.3, 0.4) is 0 Å². The molecule has 0 saturated carbocycles. The maximum absolute atomic E-state index is 4.64. The fraction of sp³-hybridized carbons (Fsp3) is 0.800. The van der Waals surface area contributed by atoms with E-state index in [4.69, 9.17) is 0 Å². The number of rotatable bonds is 8. The van der Waals surface area contributed by atoms with Crippen molar-refractivity contribution in [3.63, 3.8) is 0 Å². The van der Waals surface area contributed by atoms with Gasteiger partial charge in [0.25, 0.3) is 0 Å². The highest BCUT2D eigenvalue weighted by Crippen LogP contribution is 2.14. The molecule has 0 spiro atoms. The van der Waals surface area contributed by atoms with Gasteiger partial charge in [-0.2, -0.15) is 5.10 Å². The van der Waals surface area contributed by atoms with Crippen LogP contribution in [0.15, 0.2) is 0 Å². The highest BCUT2D eigenvalue weighted by atomic mass is 15.3. The standard InChI is InChI=1S/C15H29N3/c1-6-15-13(4)17-18(14(15)5)11-9-8-10-12(3)16-7-2/h12,16H,6-11H2,1-5H3. The molecule has 0 aliphatic carbocycles. The fourth-order valence-corrected chi connectivity index (χ4v) is 2.63. The van der Waals surface area contributed by atoms with Gasteiger partial charge < -0.3 is 5.32 Å². The number of nitrogens with zero attached hydrogens (tertiary/aromatic N) is 2. The van der Waals surface area contributed by atoms with Crippen LogP contribution in [0, 0.1) is 13.8 Å². The second-order valence-corrected chi connectivity index (χ2v) is 5.18. The zero-order valence-corrected chi connectivity index (χ0v) is 12.7. The largest absolute Gasteiger partial charge is 0.315 e. The van der Waals surface area contributed by atoms with Crippen molar-refractivity contribution in [3.8, 4) is 0 Å². The first-order valence-corrected chi connectivity index (χ1v) is 7.36. The lowest BCUT2D eigenvalue weighted by molar-refractivity contribution is 0.471. The van der Waals surface area contributed by atoms with E-state index in [9.17, 15) is 0 Å². The Hall–Kier alpha value is -0.830. The third-order valence-electron chi connectivity index (χ3n) is 3.69. The molecule has 1 N–H and O–H groups in total. The molecule has 0 aliphatic heterocycles. The Kier molecular flexibility index (Phi) is 6.41. The molecule has 1 unspecified atom stereocenters. The average molecular weight is 251 g/mol. The molecule has 0 aromatic carbocycles. The highest BCUT2D eigenvalue weighted by molar-refractivity contribution is 5.24. The molecule has 1 rings (SSSR count). The van der Waals surface area contributed by atoms with Crippen molar-refractivity contribution in [2.45, 2.75) is 72.9 Å². The van der Waals surface area contributed by atoms with Crippen LogP contribution in [0.5, 0.6) is 0 Å². The molecule has 1 aromatic rings. The van der Waals surface area contributed by atoms with Gasteiger partial charge in [0.05, 0.1) is 5.69 Å². The van der Waals surface area contributed by atoms with Gasteiger partial charge in [-0.25, -0.2) is 0 Å². The summed E-state index contributed by atoms with van der Waals surface area (Å²) in [4.78, 5) is 0. The summed E-state index contributed by atoms with van der Waals surface area (Å²) in [5.41, 5.74) is 3.99. The van der Waals surface area contributed by atoms with E-state index in [1.165, 1.54) is 36.2 Å². The lowest BCUT2D eigenvalue weighted by Gasteiger charge is -2.12. The molecule has 1 heterocycles. The van der Waals surface area contributed by atoms with Gasteiger partial charge in [-0.3, -0.25) is 4.68 Å². The number of aryl methyl sites for hydroxylation is 2. The number of hydrogen-bond acceptors (Lipinski definition) is 2. The third-order valence-corrected chi connectivity index (χ3v) is 3.69. The van der Waals surface area contributed by atoms with Crippen LogP contribution >= 0.6 is 0 Å². The van der Waals surface area contributed by atoms with Crippen molar-refractivity contribution in [2.24, 2.45) is 0 Å². The topological polar surface area (TPSA) is 29.9 Å². The Morgan fingerprint density at radius 3 is 2.50 bits per heavy atom. The van der Waals surface area contributed by atoms with E-state index in [1.807, 2.05) is 0 Å². The van der Waals surface area contributed by atoms with E-state index in [0.29, 0.717) is 6.04 Å². The first kappa shape index (κ1) is 15.2. The molecule has 3 heteroatoms. The monoisotopic (exact) mass is 251 g/mol. The third kappa shape index (κ3) is 4.13. The molecule has 0 aliphatic rings. The molecule has 3 nitrogen and oxygen atoms in total. The molecule has 1 aromatic heterocycles. The maximum atomic E-state index is 4.64. The van der Waals surface area contributed by atoms with Crippen molar-refractivity contribution in [3.05, 3.63) is 17.0 Å². The number of aromatic nitrogens is 2. The predicted molar refractivity (Wildman–Crippen MR) is 78.1 cm³/mol. The summed E-state index contributed by atoms with van der Waals surface area (Å²) in [6.07, 6.45) is 4.84. The summed E-state index contributed by atoms with van der Waals surface area (Å²) < 4.78 is 2.19. The second-order valence-electron chi connectivity index (χ2n) is 5.18. The lowest BCUT2D eigenvalue weighted by Crippen LogP contribution is -2.25. The number of hydrogen-bond donors (Lipinski definition) is 1. The first-order chi connectivity index (χ1) is 8.60. The summed E-state index contributed by atoms with van der Waals surface area (Å²) in [7, 11) is 0. The molecule has 0 amide bonds. The minimum absolute atomic E-state index is 0.640. The van der Waals surface area contributed by atoms with Crippen molar-refractivity contribution >= 4 is 0 Å². The first-order valence-electron chi connectivity index (χ1n) is 7.36. The Balaban J connectivity index is 2.36. The zero-order valence-electron chi connectivity index (χ0n) is 12.7. The van der Waals surface area contributed by atoms with Crippen LogP contribution in [-0.2, 0) is 13.0 Å². The van der Waals surface area contributed by atoms with Crippen molar-refractivity contribution in [2.75, 3.05) is 6.54 Å². The summed E-state index contributed by atoms with van der Waals surface area (Å²) in [5.74, 6) is 0. The molecule has 0 fully saturated rings. The van der Waals surface area contributed by atoms with E-state index in [1.54, 1.807) is 0 Å². The average Bonchev–Trinajstić information content (AvgIpc) is 2.60. The van der Waals surface area contributed by atoms with Gasteiger partial charge in [0.1, 0.15) is 0 Å². The van der Waals surface area contributed by atoms with Crippen LogP contribution in [0.2, 0.25) is 0 Å². The Morgan fingerprint density at radius 2 is 1.94 bits per heavy atom. The molecule has 0 bridgehead atoms. The lowest BCUT2D eigenvalue weighted by atomic mass is 10.1. The highest BCUT2D eigenvalue weighted by Gasteiger charge is 2.09. The predicted octanol–water partition coefficient (Wildman–Crippen LogP) is 3.23. The van der Waals surface area contributed by atoms with Gasteiger partial charge in [0.2, 0.25) is 0 Å². The molecular weight excluding hydrogens is 222 g/mol. The van der Waals surface area contributed by atoms with Gasteiger partial charge in [0, 0.05) is 18.3 Å². The van der Waals surface area contributed by atoms with E-state index in [2.05, 4.69) is 49.7 Å². The van der Waals surface area contributed by atoms with Crippen LogP contribution in [0.25, 0.3) is 0 Å². The van der Waals surface area contributed by atoms with Crippen LogP contribution in [0.4, 0.5) is 0 Å².